The van der Waals surface area contributed by atoms with Gasteiger partial charge in [0, 0.05) is 16.5 Å². The lowest BCUT2D eigenvalue weighted by molar-refractivity contribution is -0.144. The maximum absolute atomic E-state index is 15.3. The molecule has 3 unspecified atom stereocenters. The van der Waals surface area contributed by atoms with Gasteiger partial charge in [0.25, 0.3) is 0 Å². The lowest BCUT2D eigenvalue weighted by Crippen LogP contribution is -2.37. The molecule has 34 heavy (non-hydrogen) atoms. The number of benzene rings is 1. The van der Waals surface area contributed by atoms with E-state index < -0.39 is 23.5 Å². The molecule has 2 aromatic rings. The van der Waals surface area contributed by atoms with Crippen LogP contribution in [0.4, 0.5) is 14.9 Å². The van der Waals surface area contributed by atoms with E-state index in [-0.39, 0.29) is 29.6 Å². The number of carboxylic acid groups (broad SMARTS) is 1. The number of nitrogens with one attached hydrogen (secondary N) is 1. The predicted molar refractivity (Wildman–Crippen MR) is 120 cm³/mol. The Morgan fingerprint density at radius 1 is 1.35 bits per heavy atom. The summed E-state index contributed by atoms with van der Waals surface area (Å²) in [5, 5.41) is 15.8. The second-order valence-electron chi connectivity index (χ2n) is 10.3. The number of ether oxygens (including phenoxy) is 2. The summed E-state index contributed by atoms with van der Waals surface area (Å²) in [7, 11) is 0. The van der Waals surface area contributed by atoms with Gasteiger partial charge in [-0.3, -0.25) is 10.1 Å². The number of aryl methyl sites for hydroxylation is 1. The molecular formula is C25H29FN2O6. The van der Waals surface area contributed by atoms with E-state index in [1.807, 2.05) is 13.8 Å². The number of carboxylic acids is 1. The van der Waals surface area contributed by atoms with E-state index in [2.05, 4.69) is 10.5 Å². The van der Waals surface area contributed by atoms with Crippen LogP contribution in [0.3, 0.4) is 0 Å². The molecule has 1 aliphatic heterocycles. The molecule has 2 heterocycles. The van der Waals surface area contributed by atoms with E-state index in [9.17, 15) is 14.7 Å². The van der Waals surface area contributed by atoms with Gasteiger partial charge in [-0.1, -0.05) is 17.3 Å². The van der Waals surface area contributed by atoms with Gasteiger partial charge in [-0.2, -0.15) is 0 Å². The van der Waals surface area contributed by atoms with E-state index in [1.54, 1.807) is 19.1 Å². The van der Waals surface area contributed by atoms with Gasteiger partial charge < -0.3 is 19.1 Å². The van der Waals surface area contributed by atoms with E-state index in [0.717, 1.165) is 19.3 Å². The summed E-state index contributed by atoms with van der Waals surface area (Å²) in [6, 6.07) is 4.72. The number of rotatable bonds is 7. The largest absolute Gasteiger partial charge is 0.481 e. The predicted octanol–water partition coefficient (Wildman–Crippen LogP) is 5.25. The minimum absolute atomic E-state index is 0.0810. The third-order valence-corrected chi connectivity index (χ3v) is 7.65. The number of anilines is 1. The van der Waals surface area contributed by atoms with Gasteiger partial charge in [0.15, 0.2) is 5.76 Å². The lowest BCUT2D eigenvalue weighted by atomic mass is 9.83. The molecule has 4 atom stereocenters. The summed E-state index contributed by atoms with van der Waals surface area (Å²) in [5.41, 5.74) is 0.491. The Labute approximate surface area is 196 Å². The minimum Gasteiger partial charge on any atom is -0.481 e. The Kier molecular flexibility index (Phi) is 5.42. The highest BCUT2D eigenvalue weighted by Gasteiger charge is 2.61. The van der Waals surface area contributed by atoms with Crippen molar-refractivity contribution < 1.29 is 33.1 Å². The zero-order chi connectivity index (χ0) is 24.3. The summed E-state index contributed by atoms with van der Waals surface area (Å²) in [4.78, 5) is 23.5. The fraction of sp³-hybridized carbons (Fsp3) is 0.560. The maximum atomic E-state index is 15.3. The summed E-state index contributed by atoms with van der Waals surface area (Å²) < 4.78 is 32.2. The number of hydrogen-bond donors (Lipinski definition) is 2. The molecule has 3 aliphatic rings. The van der Waals surface area contributed by atoms with Crippen molar-refractivity contribution in [2.45, 2.75) is 64.6 Å². The van der Waals surface area contributed by atoms with Crippen LogP contribution in [0, 0.1) is 30.0 Å². The molecule has 3 fully saturated rings. The van der Waals surface area contributed by atoms with Crippen LogP contribution in [0.25, 0.3) is 11.3 Å². The molecule has 1 aromatic heterocycles. The minimum atomic E-state index is -0.840. The monoisotopic (exact) mass is 472 g/mol. The van der Waals surface area contributed by atoms with Gasteiger partial charge in [0.2, 0.25) is 0 Å². The van der Waals surface area contributed by atoms with Gasteiger partial charge in [-0.05, 0) is 64.4 Å². The Morgan fingerprint density at radius 3 is 2.76 bits per heavy atom. The van der Waals surface area contributed by atoms with Crippen LogP contribution in [-0.2, 0) is 19.9 Å². The van der Waals surface area contributed by atoms with Crippen molar-refractivity contribution in [3.05, 3.63) is 35.3 Å². The number of aromatic nitrogens is 1. The third kappa shape index (κ3) is 4.17. The van der Waals surface area contributed by atoms with Crippen molar-refractivity contribution in [2.75, 3.05) is 11.9 Å². The van der Waals surface area contributed by atoms with Crippen molar-refractivity contribution in [1.82, 2.24) is 5.16 Å². The number of halogens is 1. The Hall–Kier alpha value is -2.94. The zero-order valence-corrected chi connectivity index (χ0v) is 19.5. The molecule has 1 amide bonds. The molecule has 2 aliphatic carbocycles. The average Bonchev–Trinajstić information content (AvgIpc) is 3.67. The molecule has 2 N–H and O–H groups in total. The van der Waals surface area contributed by atoms with Crippen LogP contribution in [0.15, 0.2) is 22.7 Å². The number of fused-ring (bicyclic) bond motifs is 1. The topological polar surface area (TPSA) is 111 Å². The molecule has 5 rings (SSSR count). The summed E-state index contributed by atoms with van der Waals surface area (Å²) in [5.74, 6) is -0.433. The zero-order valence-electron chi connectivity index (χ0n) is 19.5. The Bertz CT molecular complexity index is 1140. The van der Waals surface area contributed by atoms with Gasteiger partial charge in [0.1, 0.15) is 23.3 Å². The second-order valence-corrected chi connectivity index (χ2v) is 10.3. The molecule has 0 radical (unpaired) electrons. The molecule has 182 valence electrons. The molecule has 2 saturated carbocycles. The molecule has 8 nitrogen and oxygen atoms in total. The van der Waals surface area contributed by atoms with Gasteiger partial charge in [-0.25, -0.2) is 9.18 Å². The first kappa shape index (κ1) is 22.8. The molecule has 1 saturated heterocycles. The van der Waals surface area contributed by atoms with E-state index in [4.69, 9.17) is 14.0 Å². The highest BCUT2D eigenvalue weighted by molar-refractivity contribution is 5.90. The fourth-order valence-corrected chi connectivity index (χ4v) is 5.25. The highest BCUT2D eigenvalue weighted by atomic mass is 19.1. The third-order valence-electron chi connectivity index (χ3n) is 7.65. The number of carbonyl (C=O) groups excluding carboxylic acids is 1. The molecule has 0 spiro atoms. The second kappa shape index (κ2) is 8.08. The van der Waals surface area contributed by atoms with Crippen LogP contribution < -0.4 is 5.32 Å². The van der Waals surface area contributed by atoms with Crippen LogP contribution in [0.1, 0.15) is 57.2 Å². The first-order valence-electron chi connectivity index (χ1n) is 11.7. The van der Waals surface area contributed by atoms with E-state index >= 15 is 4.39 Å². The first-order valence-corrected chi connectivity index (χ1v) is 11.7. The van der Waals surface area contributed by atoms with Crippen LogP contribution in [0.2, 0.25) is 0 Å². The van der Waals surface area contributed by atoms with Gasteiger partial charge >= 0.3 is 12.1 Å². The normalized spacial score (nSPS) is 28.6. The summed E-state index contributed by atoms with van der Waals surface area (Å²) in [6.45, 7) is 5.71. The standard InChI is InChI=1S/C25H29FN2O6/c1-13-21(27-23(31)33-14(2)15-4-5-15)22(34-28-13)16-6-7-18(19(26)8-16)24(3)9-17-10-25(17,12-32-24)11-20(29)30/h6-8,14-15,17H,4-5,9-12H2,1-3H3,(H,27,31)(H,29,30)/t14-,17?,24?,25?/m1/s1. The number of amides is 1. The van der Waals surface area contributed by atoms with Crippen LogP contribution in [0.5, 0.6) is 0 Å². The van der Waals surface area contributed by atoms with Crippen molar-refractivity contribution >= 4 is 17.7 Å². The average molecular weight is 473 g/mol. The fourth-order valence-electron chi connectivity index (χ4n) is 5.25. The SMILES string of the molecule is Cc1noc(-c2ccc(C3(C)CC4CC4(CC(=O)O)CO3)c(F)c2)c1NC(=O)O[C@H](C)C1CC1. The summed E-state index contributed by atoms with van der Waals surface area (Å²) in [6.07, 6.45) is 2.78. The van der Waals surface area contributed by atoms with Crippen molar-refractivity contribution in [3.63, 3.8) is 0 Å². The van der Waals surface area contributed by atoms with E-state index in [0.29, 0.717) is 41.5 Å². The Morgan fingerprint density at radius 2 is 2.12 bits per heavy atom. The maximum Gasteiger partial charge on any atom is 0.412 e. The molecule has 9 heteroatoms. The molecule has 0 bridgehead atoms. The molecular weight excluding hydrogens is 443 g/mol. The Balaban J connectivity index is 1.33. The number of carbonyl (C=O) groups is 2. The lowest BCUT2D eigenvalue weighted by Gasteiger charge is -2.37. The van der Waals surface area contributed by atoms with Crippen molar-refractivity contribution in [1.29, 1.82) is 0 Å². The highest BCUT2D eigenvalue weighted by Crippen LogP contribution is 2.64. The van der Waals surface area contributed by atoms with Crippen molar-refractivity contribution in [3.8, 4) is 11.3 Å². The van der Waals surface area contributed by atoms with E-state index in [1.165, 1.54) is 6.07 Å². The number of hydrogen-bond acceptors (Lipinski definition) is 6. The quantitative estimate of drug-likeness (QED) is 0.566. The number of nitrogens with zero attached hydrogens (tertiary/aromatic N) is 1. The van der Waals surface area contributed by atoms with Crippen LogP contribution >= 0.6 is 0 Å². The molecule has 1 aromatic carbocycles. The number of aliphatic carboxylic acids is 1. The van der Waals surface area contributed by atoms with Crippen LogP contribution in [-0.4, -0.2) is 35.0 Å². The summed E-state index contributed by atoms with van der Waals surface area (Å²) >= 11 is 0. The van der Waals surface area contributed by atoms with Gasteiger partial charge in [-0.15, -0.1) is 0 Å². The smallest absolute Gasteiger partial charge is 0.412 e. The van der Waals surface area contributed by atoms with Gasteiger partial charge in [0.05, 0.1) is 18.6 Å². The first-order chi connectivity index (χ1) is 16.1. The van der Waals surface area contributed by atoms with Crippen molar-refractivity contribution in [2.24, 2.45) is 17.3 Å².